The SMILES string of the molecule is Cn1oc(=O)c(-c2ccccc2)c1C(=O)Nc1ccccc1Cl. The van der Waals surface area contributed by atoms with E-state index in [1.54, 1.807) is 48.5 Å². The van der Waals surface area contributed by atoms with Gasteiger partial charge in [-0.1, -0.05) is 54.1 Å². The quantitative estimate of drug-likeness (QED) is 0.799. The predicted octanol–water partition coefficient (Wildman–Crippen LogP) is 3.55. The van der Waals surface area contributed by atoms with Crippen molar-refractivity contribution in [2.24, 2.45) is 7.05 Å². The van der Waals surface area contributed by atoms with Crippen molar-refractivity contribution in [3.8, 4) is 11.1 Å². The highest BCUT2D eigenvalue weighted by Gasteiger charge is 2.23. The summed E-state index contributed by atoms with van der Waals surface area (Å²) in [7, 11) is 1.51. The van der Waals surface area contributed by atoms with E-state index in [1.165, 1.54) is 7.05 Å². The van der Waals surface area contributed by atoms with E-state index in [-0.39, 0.29) is 11.3 Å². The number of carbonyl (C=O) groups is 1. The third kappa shape index (κ3) is 2.91. The minimum Gasteiger partial charge on any atom is -0.335 e. The number of hydrogen-bond acceptors (Lipinski definition) is 3. The highest BCUT2D eigenvalue weighted by Crippen LogP contribution is 2.24. The molecule has 0 atom stereocenters. The second kappa shape index (κ2) is 6.14. The van der Waals surface area contributed by atoms with E-state index in [4.69, 9.17) is 16.1 Å². The first kappa shape index (κ1) is 15.1. The highest BCUT2D eigenvalue weighted by molar-refractivity contribution is 6.33. The van der Waals surface area contributed by atoms with Crippen LogP contribution in [0.1, 0.15) is 10.5 Å². The number of aromatic nitrogens is 1. The van der Waals surface area contributed by atoms with Crippen LogP contribution in [0.2, 0.25) is 5.02 Å². The summed E-state index contributed by atoms with van der Waals surface area (Å²) in [6, 6.07) is 15.8. The number of aryl methyl sites for hydroxylation is 1. The molecule has 1 heterocycles. The van der Waals surface area contributed by atoms with Crippen molar-refractivity contribution >= 4 is 23.2 Å². The van der Waals surface area contributed by atoms with Crippen LogP contribution in [0.25, 0.3) is 11.1 Å². The average Bonchev–Trinajstić information content (AvgIpc) is 2.85. The second-order valence-corrected chi connectivity index (χ2v) is 5.31. The van der Waals surface area contributed by atoms with Crippen LogP contribution in [0, 0.1) is 0 Å². The Morgan fingerprint density at radius 3 is 2.43 bits per heavy atom. The predicted molar refractivity (Wildman–Crippen MR) is 88.8 cm³/mol. The van der Waals surface area contributed by atoms with Crippen molar-refractivity contribution in [3.05, 3.63) is 75.7 Å². The van der Waals surface area contributed by atoms with Gasteiger partial charge in [0.15, 0.2) is 5.69 Å². The van der Waals surface area contributed by atoms with Crippen molar-refractivity contribution in [1.82, 2.24) is 4.74 Å². The van der Waals surface area contributed by atoms with Crippen LogP contribution in [-0.4, -0.2) is 10.6 Å². The van der Waals surface area contributed by atoms with Gasteiger partial charge >= 0.3 is 5.63 Å². The molecule has 1 amide bonds. The lowest BCUT2D eigenvalue weighted by molar-refractivity contribution is 0.100. The van der Waals surface area contributed by atoms with Gasteiger partial charge in [-0.25, -0.2) is 9.53 Å². The van der Waals surface area contributed by atoms with E-state index in [1.807, 2.05) is 6.07 Å². The fourth-order valence-electron chi connectivity index (χ4n) is 2.33. The first-order valence-electron chi connectivity index (χ1n) is 6.89. The first-order valence-corrected chi connectivity index (χ1v) is 7.27. The number of amides is 1. The molecule has 0 bridgehead atoms. The summed E-state index contributed by atoms with van der Waals surface area (Å²) in [5.74, 6) is -0.467. The van der Waals surface area contributed by atoms with Gasteiger partial charge in [-0.2, -0.15) is 0 Å². The topological polar surface area (TPSA) is 64.2 Å². The number of halogens is 1. The number of benzene rings is 2. The molecule has 0 fully saturated rings. The molecule has 0 radical (unpaired) electrons. The van der Waals surface area contributed by atoms with Gasteiger partial charge in [-0.3, -0.25) is 4.79 Å². The molecular formula is C17H13ClN2O3. The van der Waals surface area contributed by atoms with E-state index in [2.05, 4.69) is 5.32 Å². The van der Waals surface area contributed by atoms with Crippen molar-refractivity contribution in [1.29, 1.82) is 0 Å². The number of nitrogens with zero attached hydrogens (tertiary/aromatic N) is 1. The van der Waals surface area contributed by atoms with E-state index in [0.29, 0.717) is 16.3 Å². The summed E-state index contributed by atoms with van der Waals surface area (Å²) in [6.45, 7) is 0. The number of rotatable bonds is 3. The number of anilines is 1. The molecule has 6 heteroatoms. The zero-order chi connectivity index (χ0) is 16.4. The maximum Gasteiger partial charge on any atom is 0.366 e. The fraction of sp³-hybridized carbons (Fsp3) is 0.0588. The van der Waals surface area contributed by atoms with Gasteiger partial charge in [0.25, 0.3) is 5.91 Å². The zero-order valence-corrected chi connectivity index (χ0v) is 13.0. The van der Waals surface area contributed by atoms with Crippen LogP contribution >= 0.6 is 11.6 Å². The van der Waals surface area contributed by atoms with Gasteiger partial charge in [-0.15, -0.1) is 0 Å². The smallest absolute Gasteiger partial charge is 0.335 e. The van der Waals surface area contributed by atoms with Crippen LogP contribution in [0.4, 0.5) is 5.69 Å². The molecule has 23 heavy (non-hydrogen) atoms. The first-order chi connectivity index (χ1) is 11.1. The zero-order valence-electron chi connectivity index (χ0n) is 12.2. The molecule has 5 nitrogen and oxygen atoms in total. The molecule has 0 saturated heterocycles. The van der Waals surface area contributed by atoms with Gasteiger partial charge in [0.05, 0.1) is 10.7 Å². The van der Waals surface area contributed by atoms with Crippen LogP contribution in [0.5, 0.6) is 0 Å². The van der Waals surface area contributed by atoms with Gasteiger partial charge in [-0.05, 0) is 17.7 Å². The summed E-state index contributed by atoms with van der Waals surface area (Å²) >= 11 is 6.05. The van der Waals surface area contributed by atoms with Gasteiger partial charge in [0, 0.05) is 7.05 Å². The van der Waals surface area contributed by atoms with Crippen molar-refractivity contribution in [2.75, 3.05) is 5.32 Å². The van der Waals surface area contributed by atoms with Crippen LogP contribution < -0.4 is 10.9 Å². The molecule has 0 spiro atoms. The molecular weight excluding hydrogens is 316 g/mol. The Morgan fingerprint density at radius 2 is 1.74 bits per heavy atom. The normalized spacial score (nSPS) is 10.5. The third-order valence-corrected chi connectivity index (χ3v) is 3.70. The lowest BCUT2D eigenvalue weighted by Gasteiger charge is -2.08. The standard InChI is InChI=1S/C17H13ClN2O3/c1-20-15(16(21)19-13-10-6-5-9-12(13)18)14(17(22)23-20)11-7-3-2-4-8-11/h2-10H,1H3,(H,19,21). The number of nitrogens with one attached hydrogen (secondary N) is 1. The molecule has 0 unspecified atom stereocenters. The summed E-state index contributed by atoms with van der Waals surface area (Å²) in [5, 5.41) is 3.11. The van der Waals surface area contributed by atoms with Crippen LogP contribution in [0.15, 0.2) is 63.9 Å². The Balaban J connectivity index is 2.05. The van der Waals surface area contributed by atoms with E-state index in [9.17, 15) is 9.59 Å². The maximum absolute atomic E-state index is 12.6. The fourth-order valence-corrected chi connectivity index (χ4v) is 2.51. The summed E-state index contributed by atoms with van der Waals surface area (Å²) < 4.78 is 6.22. The Kier molecular flexibility index (Phi) is 4.04. The summed E-state index contributed by atoms with van der Waals surface area (Å²) in [5.41, 5.74) is 0.875. The molecule has 1 aromatic heterocycles. The second-order valence-electron chi connectivity index (χ2n) is 4.90. The monoisotopic (exact) mass is 328 g/mol. The Hall–Kier alpha value is -2.79. The Morgan fingerprint density at radius 1 is 1.09 bits per heavy atom. The van der Waals surface area contributed by atoms with Crippen molar-refractivity contribution < 1.29 is 9.32 Å². The van der Waals surface area contributed by atoms with E-state index in [0.717, 1.165) is 4.74 Å². The van der Waals surface area contributed by atoms with Crippen LogP contribution in [0.3, 0.4) is 0 Å². The van der Waals surface area contributed by atoms with Gasteiger partial charge in [0.2, 0.25) is 0 Å². The maximum atomic E-state index is 12.6. The molecule has 116 valence electrons. The van der Waals surface area contributed by atoms with Crippen LogP contribution in [-0.2, 0) is 7.05 Å². The summed E-state index contributed by atoms with van der Waals surface area (Å²) in [4.78, 5) is 24.7. The Labute approximate surface area is 137 Å². The highest BCUT2D eigenvalue weighted by atomic mass is 35.5. The number of para-hydroxylation sites is 1. The molecule has 0 aliphatic heterocycles. The lowest BCUT2D eigenvalue weighted by Crippen LogP contribution is -2.17. The largest absolute Gasteiger partial charge is 0.366 e. The molecule has 0 saturated carbocycles. The van der Waals surface area contributed by atoms with Gasteiger partial charge < -0.3 is 9.84 Å². The van der Waals surface area contributed by atoms with Crippen molar-refractivity contribution in [3.63, 3.8) is 0 Å². The molecule has 3 rings (SSSR count). The third-order valence-electron chi connectivity index (χ3n) is 3.38. The van der Waals surface area contributed by atoms with Crippen molar-refractivity contribution in [2.45, 2.75) is 0 Å². The molecule has 0 aliphatic rings. The molecule has 3 aromatic rings. The van der Waals surface area contributed by atoms with E-state index >= 15 is 0 Å². The Bertz CT molecular complexity index is 913. The molecule has 2 aromatic carbocycles. The molecule has 0 aliphatic carbocycles. The van der Waals surface area contributed by atoms with E-state index < -0.39 is 11.5 Å². The minimum atomic E-state index is -0.567. The number of carbonyl (C=O) groups excluding carboxylic acids is 1. The number of hydrogen-bond donors (Lipinski definition) is 1. The lowest BCUT2D eigenvalue weighted by atomic mass is 10.1. The summed E-state index contributed by atoms with van der Waals surface area (Å²) in [6.07, 6.45) is 0. The minimum absolute atomic E-state index is 0.140. The molecule has 1 N–H and O–H groups in total. The van der Waals surface area contributed by atoms with Gasteiger partial charge in [0.1, 0.15) is 5.56 Å². The average molecular weight is 329 g/mol.